The molecule has 43 heavy (non-hydrogen) atoms. The largest absolute Gasteiger partial charge is 0.335 e. The van der Waals surface area contributed by atoms with Crippen LogP contribution in [0.2, 0.25) is 0 Å². The number of thiophene rings is 1. The van der Waals surface area contributed by atoms with Crippen LogP contribution in [0.3, 0.4) is 0 Å². The minimum absolute atomic E-state index is 0.0607. The van der Waals surface area contributed by atoms with E-state index in [1.807, 2.05) is 11.3 Å². The van der Waals surface area contributed by atoms with Crippen molar-refractivity contribution in [1.82, 2.24) is 0 Å². The molecule has 5 aliphatic rings. The van der Waals surface area contributed by atoms with Gasteiger partial charge < -0.3 is 9.80 Å². The Hall–Kier alpha value is -3.76. The summed E-state index contributed by atoms with van der Waals surface area (Å²) in [5.74, 6) is 0. The predicted molar refractivity (Wildman–Crippen MR) is 185 cm³/mol. The molecule has 4 heteroatoms. The number of rotatable bonds is 1. The minimum atomic E-state index is -0.126. The van der Waals surface area contributed by atoms with Crippen LogP contribution in [-0.4, -0.2) is 12.3 Å². The highest BCUT2D eigenvalue weighted by Crippen LogP contribution is 2.64. The third-order valence-electron chi connectivity index (χ3n) is 12.1. The van der Waals surface area contributed by atoms with Crippen LogP contribution in [0.15, 0.2) is 96.7 Å². The zero-order valence-electron chi connectivity index (χ0n) is 25.4. The van der Waals surface area contributed by atoms with Crippen LogP contribution in [-0.2, 0) is 10.8 Å². The molecule has 1 aromatic heterocycles. The summed E-state index contributed by atoms with van der Waals surface area (Å²) in [6.07, 6.45) is 5.10. The Kier molecular flexibility index (Phi) is 4.50. The first-order valence-corrected chi connectivity index (χ1v) is 16.9. The van der Waals surface area contributed by atoms with E-state index in [4.69, 9.17) is 0 Å². The molecular formula is C39H35BN2S. The molecule has 3 aliphatic heterocycles. The highest BCUT2D eigenvalue weighted by atomic mass is 32.1. The quantitative estimate of drug-likeness (QED) is 0.185. The lowest BCUT2D eigenvalue weighted by Crippen LogP contribution is -2.61. The summed E-state index contributed by atoms with van der Waals surface area (Å²) in [6, 6.07) is 34.7. The van der Waals surface area contributed by atoms with Gasteiger partial charge in [0.15, 0.2) is 0 Å². The van der Waals surface area contributed by atoms with Gasteiger partial charge in [-0.3, -0.25) is 0 Å². The molecule has 0 bridgehead atoms. The molecular weight excluding hydrogens is 539 g/mol. The van der Waals surface area contributed by atoms with E-state index in [1.165, 1.54) is 91.1 Å². The van der Waals surface area contributed by atoms with Crippen LogP contribution in [0.1, 0.15) is 69.4 Å². The third kappa shape index (κ3) is 2.67. The molecule has 2 unspecified atom stereocenters. The fourth-order valence-corrected chi connectivity index (χ4v) is 11.4. The first-order valence-electron chi connectivity index (χ1n) is 16.0. The number of nitrogens with zero attached hydrogens (tertiary/aromatic N) is 2. The van der Waals surface area contributed by atoms with Gasteiger partial charge >= 0.3 is 0 Å². The van der Waals surface area contributed by atoms with E-state index in [-0.39, 0.29) is 23.1 Å². The summed E-state index contributed by atoms with van der Waals surface area (Å²) in [4.78, 5) is 6.98. The van der Waals surface area contributed by atoms with E-state index in [0.717, 1.165) is 0 Å². The van der Waals surface area contributed by atoms with Crippen molar-refractivity contribution in [3.05, 3.63) is 113 Å². The van der Waals surface area contributed by atoms with E-state index in [1.54, 1.807) is 5.56 Å². The second kappa shape index (κ2) is 7.84. The molecule has 10 rings (SSSR count). The molecule has 210 valence electrons. The number of hydrogen-bond acceptors (Lipinski definition) is 3. The van der Waals surface area contributed by atoms with Gasteiger partial charge in [0.25, 0.3) is 6.71 Å². The molecule has 4 heterocycles. The fraction of sp³-hybridized carbons (Fsp3) is 0.282. The third-order valence-corrected chi connectivity index (χ3v) is 13.6. The van der Waals surface area contributed by atoms with Gasteiger partial charge in [-0.15, -0.1) is 11.3 Å². The SMILES string of the molecule is CC1(C)C2=C(B3c4cccc5c4N(c4cccc(c43)N2c2ccccc2)C2(C)CCCCC52C)c2c1sc1ccccc21. The van der Waals surface area contributed by atoms with Crippen molar-refractivity contribution in [1.29, 1.82) is 0 Å². The van der Waals surface area contributed by atoms with Gasteiger partial charge in [-0.05, 0) is 96.9 Å². The molecule has 0 radical (unpaired) electrons. The van der Waals surface area contributed by atoms with Crippen molar-refractivity contribution in [2.24, 2.45) is 0 Å². The van der Waals surface area contributed by atoms with Crippen LogP contribution in [0.25, 0.3) is 15.6 Å². The van der Waals surface area contributed by atoms with Crippen LogP contribution < -0.4 is 20.7 Å². The van der Waals surface area contributed by atoms with Crippen molar-refractivity contribution >= 4 is 67.3 Å². The van der Waals surface area contributed by atoms with Gasteiger partial charge in [0, 0.05) is 48.9 Å². The van der Waals surface area contributed by atoms with E-state index >= 15 is 0 Å². The summed E-state index contributed by atoms with van der Waals surface area (Å²) in [5.41, 5.74) is 14.7. The van der Waals surface area contributed by atoms with Gasteiger partial charge in [-0.1, -0.05) is 80.4 Å². The molecule has 0 spiro atoms. The monoisotopic (exact) mass is 574 g/mol. The molecule has 0 amide bonds. The molecule has 2 nitrogen and oxygen atoms in total. The number of para-hydroxylation sites is 2. The Morgan fingerprint density at radius 2 is 1.49 bits per heavy atom. The van der Waals surface area contributed by atoms with Gasteiger partial charge in [0.2, 0.25) is 0 Å². The predicted octanol–water partition coefficient (Wildman–Crippen LogP) is 8.96. The summed E-state index contributed by atoms with van der Waals surface area (Å²) < 4.78 is 1.40. The van der Waals surface area contributed by atoms with Crippen LogP contribution in [0, 0.1) is 0 Å². The first-order chi connectivity index (χ1) is 20.9. The zero-order valence-corrected chi connectivity index (χ0v) is 26.2. The second-order valence-corrected chi connectivity index (χ2v) is 15.4. The topological polar surface area (TPSA) is 6.48 Å². The van der Waals surface area contributed by atoms with Crippen molar-refractivity contribution < 1.29 is 0 Å². The molecule has 1 saturated carbocycles. The van der Waals surface area contributed by atoms with Crippen LogP contribution in [0.5, 0.6) is 0 Å². The highest BCUT2D eigenvalue weighted by molar-refractivity contribution is 7.20. The van der Waals surface area contributed by atoms with Gasteiger partial charge in [-0.2, -0.15) is 0 Å². The second-order valence-electron chi connectivity index (χ2n) is 14.4. The van der Waals surface area contributed by atoms with Gasteiger partial charge in [-0.25, -0.2) is 0 Å². The van der Waals surface area contributed by atoms with Crippen molar-refractivity contribution in [3.63, 3.8) is 0 Å². The lowest BCUT2D eigenvalue weighted by molar-refractivity contribution is 0.195. The number of benzene rings is 4. The maximum Gasteiger partial charge on any atom is 0.252 e. The van der Waals surface area contributed by atoms with E-state index in [2.05, 4.69) is 128 Å². The Morgan fingerprint density at radius 1 is 0.744 bits per heavy atom. The van der Waals surface area contributed by atoms with Crippen LogP contribution in [0.4, 0.5) is 22.7 Å². The number of allylic oxidation sites excluding steroid dienone is 1. The highest BCUT2D eigenvalue weighted by Gasteiger charge is 2.62. The van der Waals surface area contributed by atoms with Crippen molar-refractivity contribution in [3.8, 4) is 0 Å². The minimum Gasteiger partial charge on any atom is -0.335 e. The summed E-state index contributed by atoms with van der Waals surface area (Å²) in [6.45, 7) is 10.3. The molecule has 0 saturated heterocycles. The molecule has 5 aromatic rings. The lowest BCUT2D eigenvalue weighted by atomic mass is 9.32. The van der Waals surface area contributed by atoms with E-state index < -0.39 is 0 Å². The smallest absolute Gasteiger partial charge is 0.252 e. The zero-order chi connectivity index (χ0) is 28.9. The summed E-state index contributed by atoms with van der Waals surface area (Å²) in [7, 11) is 0. The fourth-order valence-electron chi connectivity index (χ4n) is 10.0. The first kappa shape index (κ1) is 24.7. The molecule has 1 fully saturated rings. The normalized spacial score (nSPS) is 25.4. The molecule has 2 aliphatic carbocycles. The Morgan fingerprint density at radius 3 is 2.35 bits per heavy atom. The maximum absolute atomic E-state index is 2.83. The summed E-state index contributed by atoms with van der Waals surface area (Å²) in [5, 5.41) is 1.41. The summed E-state index contributed by atoms with van der Waals surface area (Å²) >= 11 is 2.00. The standard InChI is InChI=1S/C39H35BN2S/c1-37(2)35-33(31-25-16-8-9-21-30(25)43-36(31)37)40-27-18-12-17-26-34(27)42(39(4)23-11-10-22-38(26,39)3)29-20-13-19-28(32(29)40)41(35)24-14-6-5-7-15-24/h5-9,12-21H,10-11,22-23H2,1-4H3. The Balaban J connectivity index is 1.38. The van der Waals surface area contributed by atoms with Crippen molar-refractivity contribution in [2.75, 3.05) is 9.80 Å². The number of fused-ring (bicyclic) bond motifs is 10. The Labute approximate surface area is 258 Å². The van der Waals surface area contributed by atoms with Crippen LogP contribution >= 0.6 is 11.3 Å². The van der Waals surface area contributed by atoms with Crippen molar-refractivity contribution in [2.45, 2.75) is 69.7 Å². The molecule has 0 N–H and O–H groups in total. The van der Waals surface area contributed by atoms with Gasteiger partial charge in [0.1, 0.15) is 0 Å². The maximum atomic E-state index is 2.83. The van der Waals surface area contributed by atoms with E-state index in [9.17, 15) is 0 Å². The molecule has 4 aromatic carbocycles. The average molecular weight is 575 g/mol. The van der Waals surface area contributed by atoms with E-state index in [0.29, 0.717) is 0 Å². The number of hydrogen-bond donors (Lipinski definition) is 0. The van der Waals surface area contributed by atoms with Gasteiger partial charge in [0.05, 0.1) is 5.54 Å². The average Bonchev–Trinajstić information content (AvgIpc) is 3.59. The number of anilines is 4. The molecule has 2 atom stereocenters. The lowest BCUT2D eigenvalue weighted by Gasteiger charge is -2.53. The Bertz CT molecular complexity index is 2070.